The summed E-state index contributed by atoms with van der Waals surface area (Å²) in [5, 5.41) is 3.07. The molecule has 0 aromatic heterocycles. The molecule has 18 heavy (non-hydrogen) atoms. The van der Waals surface area contributed by atoms with E-state index in [0.29, 0.717) is 5.92 Å². The largest absolute Gasteiger partial charge is 0.351 e. The van der Waals surface area contributed by atoms with Gasteiger partial charge in [0.1, 0.15) is 0 Å². The van der Waals surface area contributed by atoms with Crippen molar-refractivity contribution >= 4 is 5.91 Å². The third-order valence-electron chi connectivity index (χ3n) is 4.55. The Hall–Kier alpha value is -1.31. The average Bonchev–Trinajstić information content (AvgIpc) is 2.41. The average molecular weight is 243 g/mol. The summed E-state index contributed by atoms with van der Waals surface area (Å²) in [6.45, 7) is 2.89. The molecule has 2 heteroatoms. The Labute approximate surface area is 109 Å². The summed E-state index contributed by atoms with van der Waals surface area (Å²) in [5.41, 5.74) is 3.38. The summed E-state index contributed by atoms with van der Waals surface area (Å²) in [5.74, 6) is 1.42. The van der Waals surface area contributed by atoms with Crippen LogP contribution >= 0.6 is 0 Å². The van der Waals surface area contributed by atoms with E-state index in [1.54, 1.807) is 0 Å². The van der Waals surface area contributed by atoms with Crippen molar-refractivity contribution in [2.45, 2.75) is 44.9 Å². The van der Waals surface area contributed by atoms with Crippen LogP contribution in [0.2, 0.25) is 0 Å². The minimum Gasteiger partial charge on any atom is -0.351 e. The monoisotopic (exact) mass is 243 g/mol. The molecule has 3 rings (SSSR count). The van der Waals surface area contributed by atoms with Gasteiger partial charge >= 0.3 is 0 Å². The number of aryl methyl sites for hydroxylation is 1. The topological polar surface area (TPSA) is 29.1 Å². The van der Waals surface area contributed by atoms with Crippen molar-refractivity contribution in [3.63, 3.8) is 0 Å². The molecule has 1 aromatic carbocycles. The first-order valence-corrected chi connectivity index (χ1v) is 7.14. The summed E-state index contributed by atoms with van der Waals surface area (Å²) in [4.78, 5) is 12.0. The first kappa shape index (κ1) is 11.8. The molecular formula is C16H21NO. The van der Waals surface area contributed by atoms with E-state index < -0.39 is 0 Å². The minimum atomic E-state index is 0.112. The van der Waals surface area contributed by atoms with E-state index >= 15 is 0 Å². The molecule has 2 nitrogen and oxygen atoms in total. The third-order valence-corrected chi connectivity index (χ3v) is 4.55. The quantitative estimate of drug-likeness (QED) is 0.804. The van der Waals surface area contributed by atoms with Crippen LogP contribution in [0.4, 0.5) is 0 Å². The van der Waals surface area contributed by atoms with E-state index in [-0.39, 0.29) is 5.91 Å². The molecule has 2 aliphatic rings. The Morgan fingerprint density at radius 3 is 2.72 bits per heavy atom. The predicted octanol–water partition coefficient (Wildman–Crippen LogP) is 3.40. The highest BCUT2D eigenvalue weighted by Gasteiger charge is 2.31. The van der Waals surface area contributed by atoms with Gasteiger partial charge in [-0.3, -0.25) is 4.79 Å². The van der Waals surface area contributed by atoms with Gasteiger partial charge in [0.25, 0.3) is 5.91 Å². The van der Waals surface area contributed by atoms with Crippen LogP contribution in [0.5, 0.6) is 0 Å². The van der Waals surface area contributed by atoms with Crippen molar-refractivity contribution in [1.82, 2.24) is 5.32 Å². The Balaban J connectivity index is 1.94. The van der Waals surface area contributed by atoms with Gasteiger partial charge in [-0.1, -0.05) is 37.0 Å². The second-order valence-electron chi connectivity index (χ2n) is 5.81. The third kappa shape index (κ3) is 2.05. The number of nitrogens with one attached hydrogen (secondary N) is 1. The number of hydrogen-bond acceptors (Lipinski definition) is 1. The molecule has 0 bridgehead atoms. The maximum atomic E-state index is 12.0. The zero-order chi connectivity index (χ0) is 12.5. The highest BCUT2D eigenvalue weighted by atomic mass is 16.1. The fourth-order valence-electron chi connectivity index (χ4n) is 3.56. The van der Waals surface area contributed by atoms with Crippen LogP contribution in [-0.4, -0.2) is 12.5 Å². The molecule has 0 radical (unpaired) electrons. The second kappa shape index (κ2) is 4.75. The molecule has 1 fully saturated rings. The van der Waals surface area contributed by atoms with Gasteiger partial charge in [-0.25, -0.2) is 0 Å². The SMILES string of the molecule is Cc1ccc2c(c1)C(=O)NCC2C1CCCCC1. The van der Waals surface area contributed by atoms with Crippen molar-refractivity contribution in [2.75, 3.05) is 6.54 Å². The van der Waals surface area contributed by atoms with Crippen LogP contribution in [0, 0.1) is 12.8 Å². The van der Waals surface area contributed by atoms with Crippen molar-refractivity contribution in [2.24, 2.45) is 5.92 Å². The predicted molar refractivity (Wildman–Crippen MR) is 72.8 cm³/mol. The molecule has 1 heterocycles. The summed E-state index contributed by atoms with van der Waals surface area (Å²) in [6.07, 6.45) is 6.75. The number of rotatable bonds is 1. The van der Waals surface area contributed by atoms with Gasteiger partial charge in [0.2, 0.25) is 0 Å². The molecule has 0 saturated heterocycles. The lowest BCUT2D eigenvalue weighted by Crippen LogP contribution is -2.38. The van der Waals surface area contributed by atoms with Crippen molar-refractivity contribution in [1.29, 1.82) is 0 Å². The lowest BCUT2D eigenvalue weighted by molar-refractivity contribution is 0.0931. The minimum absolute atomic E-state index is 0.112. The summed E-state index contributed by atoms with van der Waals surface area (Å²) < 4.78 is 0. The number of carbonyl (C=O) groups is 1. The Kier molecular flexibility index (Phi) is 3.11. The second-order valence-corrected chi connectivity index (χ2v) is 5.81. The van der Waals surface area contributed by atoms with Crippen molar-refractivity contribution in [3.05, 3.63) is 34.9 Å². The number of benzene rings is 1. The van der Waals surface area contributed by atoms with E-state index in [4.69, 9.17) is 0 Å². The van der Waals surface area contributed by atoms with Crippen LogP contribution in [0.25, 0.3) is 0 Å². The Morgan fingerprint density at radius 1 is 1.17 bits per heavy atom. The molecular weight excluding hydrogens is 222 g/mol. The molecule has 1 atom stereocenters. The summed E-state index contributed by atoms with van der Waals surface area (Å²) in [6, 6.07) is 6.37. The molecule has 0 spiro atoms. The van der Waals surface area contributed by atoms with E-state index in [2.05, 4.69) is 24.4 Å². The van der Waals surface area contributed by atoms with Crippen LogP contribution < -0.4 is 5.32 Å². The molecule has 1 aliphatic carbocycles. The van der Waals surface area contributed by atoms with Gasteiger partial charge in [-0.05, 0) is 37.3 Å². The molecule has 1 saturated carbocycles. The van der Waals surface area contributed by atoms with E-state index in [9.17, 15) is 4.79 Å². The fourth-order valence-corrected chi connectivity index (χ4v) is 3.56. The lowest BCUT2D eigenvalue weighted by atomic mass is 9.74. The van der Waals surface area contributed by atoms with Crippen LogP contribution in [-0.2, 0) is 0 Å². The summed E-state index contributed by atoms with van der Waals surface area (Å²) >= 11 is 0. The number of fused-ring (bicyclic) bond motifs is 1. The van der Waals surface area contributed by atoms with Crippen LogP contribution in [0.3, 0.4) is 0 Å². The van der Waals surface area contributed by atoms with Gasteiger partial charge in [0, 0.05) is 18.0 Å². The Bertz CT molecular complexity index is 460. The zero-order valence-electron chi connectivity index (χ0n) is 11.0. The van der Waals surface area contributed by atoms with Gasteiger partial charge < -0.3 is 5.32 Å². The molecule has 1 amide bonds. The summed E-state index contributed by atoms with van der Waals surface area (Å²) in [7, 11) is 0. The van der Waals surface area contributed by atoms with Gasteiger partial charge in [0.15, 0.2) is 0 Å². The normalized spacial score (nSPS) is 24.5. The fraction of sp³-hybridized carbons (Fsp3) is 0.562. The van der Waals surface area contributed by atoms with Crippen molar-refractivity contribution in [3.8, 4) is 0 Å². The molecule has 1 aliphatic heterocycles. The molecule has 1 N–H and O–H groups in total. The smallest absolute Gasteiger partial charge is 0.251 e. The van der Waals surface area contributed by atoms with Gasteiger partial charge in [-0.2, -0.15) is 0 Å². The maximum absolute atomic E-state index is 12.0. The van der Waals surface area contributed by atoms with E-state index in [0.717, 1.165) is 18.0 Å². The lowest BCUT2D eigenvalue weighted by Gasteiger charge is -2.34. The first-order chi connectivity index (χ1) is 8.75. The maximum Gasteiger partial charge on any atom is 0.251 e. The highest BCUT2D eigenvalue weighted by molar-refractivity contribution is 5.97. The van der Waals surface area contributed by atoms with Crippen molar-refractivity contribution < 1.29 is 4.79 Å². The standard InChI is InChI=1S/C16H21NO/c1-11-7-8-13-14(9-11)16(18)17-10-15(13)12-5-3-2-4-6-12/h7-9,12,15H,2-6,10H2,1H3,(H,17,18). The van der Waals surface area contributed by atoms with Crippen LogP contribution in [0.1, 0.15) is 59.5 Å². The number of amides is 1. The first-order valence-electron chi connectivity index (χ1n) is 7.14. The zero-order valence-corrected chi connectivity index (χ0v) is 11.0. The number of carbonyl (C=O) groups excluding carboxylic acids is 1. The van der Waals surface area contributed by atoms with Crippen LogP contribution in [0.15, 0.2) is 18.2 Å². The van der Waals surface area contributed by atoms with Gasteiger partial charge in [-0.15, -0.1) is 0 Å². The van der Waals surface area contributed by atoms with Gasteiger partial charge in [0.05, 0.1) is 0 Å². The molecule has 1 unspecified atom stereocenters. The van der Waals surface area contributed by atoms with E-state index in [1.807, 2.05) is 6.07 Å². The highest BCUT2D eigenvalue weighted by Crippen LogP contribution is 2.38. The molecule has 1 aromatic rings. The number of hydrogen-bond donors (Lipinski definition) is 1. The Morgan fingerprint density at radius 2 is 1.94 bits per heavy atom. The van der Waals surface area contributed by atoms with E-state index in [1.165, 1.54) is 43.2 Å². The molecule has 96 valence electrons.